The van der Waals surface area contributed by atoms with Crippen molar-refractivity contribution < 1.29 is 13.9 Å². The number of aromatic nitrogens is 2. The highest BCUT2D eigenvalue weighted by Crippen LogP contribution is 2.39. The zero-order chi connectivity index (χ0) is 21.9. The van der Waals surface area contributed by atoms with Crippen LogP contribution in [-0.4, -0.2) is 64.8 Å². The van der Waals surface area contributed by atoms with E-state index in [1.54, 1.807) is 6.07 Å². The van der Waals surface area contributed by atoms with Gasteiger partial charge < -0.3 is 9.64 Å². The van der Waals surface area contributed by atoms with Crippen molar-refractivity contribution in [1.29, 1.82) is 0 Å². The van der Waals surface area contributed by atoms with Gasteiger partial charge in [-0.25, -0.2) is 4.39 Å². The summed E-state index contributed by atoms with van der Waals surface area (Å²) in [6.07, 6.45) is 6.59. The molecule has 0 radical (unpaired) electrons. The van der Waals surface area contributed by atoms with Crippen LogP contribution in [0.5, 0.6) is 0 Å². The van der Waals surface area contributed by atoms with Gasteiger partial charge in [-0.2, -0.15) is 5.10 Å². The fourth-order valence-corrected chi connectivity index (χ4v) is 4.99. The number of nitrogens with zero attached hydrogens (tertiary/aromatic N) is 3. The molecule has 2 saturated heterocycles. The van der Waals surface area contributed by atoms with Crippen LogP contribution in [-0.2, 0) is 11.3 Å². The lowest BCUT2D eigenvalue weighted by atomic mass is 9.95. The topological polar surface area (TPSA) is 61.5 Å². The van der Waals surface area contributed by atoms with Crippen molar-refractivity contribution in [1.82, 2.24) is 20.0 Å². The van der Waals surface area contributed by atoms with Crippen LogP contribution in [0.3, 0.4) is 0 Å². The highest BCUT2D eigenvalue weighted by molar-refractivity contribution is 5.92. The molecule has 3 heterocycles. The summed E-state index contributed by atoms with van der Waals surface area (Å²) in [6.45, 7) is 4.66. The summed E-state index contributed by atoms with van der Waals surface area (Å²) in [6, 6.07) is 8.96. The van der Waals surface area contributed by atoms with Gasteiger partial charge in [-0.1, -0.05) is 18.2 Å². The van der Waals surface area contributed by atoms with Gasteiger partial charge in [0, 0.05) is 43.4 Å². The molecule has 7 heteroatoms. The summed E-state index contributed by atoms with van der Waals surface area (Å²) in [5, 5.41) is 7.40. The Bertz CT molecular complexity index is 914. The second kappa shape index (κ2) is 9.71. The number of amides is 1. The fraction of sp³-hybridized carbons (Fsp3) is 0.600. The van der Waals surface area contributed by atoms with Crippen molar-refractivity contribution >= 4 is 5.91 Å². The molecule has 5 rings (SSSR count). The summed E-state index contributed by atoms with van der Waals surface area (Å²) in [5.74, 6) is 0.874. The number of carbonyl (C=O) groups is 1. The normalized spacial score (nSPS) is 22.3. The maximum Gasteiger partial charge on any atom is 0.274 e. The van der Waals surface area contributed by atoms with Crippen molar-refractivity contribution in [2.24, 2.45) is 5.92 Å². The zero-order valence-corrected chi connectivity index (χ0v) is 18.6. The van der Waals surface area contributed by atoms with Crippen LogP contribution < -0.4 is 0 Å². The highest BCUT2D eigenvalue weighted by atomic mass is 19.1. The zero-order valence-electron chi connectivity index (χ0n) is 18.6. The minimum absolute atomic E-state index is 0.0115. The van der Waals surface area contributed by atoms with Crippen molar-refractivity contribution in [3.05, 3.63) is 53.1 Å². The van der Waals surface area contributed by atoms with Crippen molar-refractivity contribution in [3.63, 3.8) is 0 Å². The number of piperidine rings is 1. The molecule has 1 atom stereocenters. The first-order valence-electron chi connectivity index (χ1n) is 12.1. The number of nitrogens with one attached hydrogen (secondary N) is 1. The number of hydrogen-bond donors (Lipinski definition) is 1. The predicted molar refractivity (Wildman–Crippen MR) is 120 cm³/mol. The molecule has 0 unspecified atom stereocenters. The molecule has 6 nitrogen and oxygen atoms in total. The summed E-state index contributed by atoms with van der Waals surface area (Å²) < 4.78 is 19.8. The molecule has 1 saturated carbocycles. The van der Waals surface area contributed by atoms with Gasteiger partial charge in [0.25, 0.3) is 5.91 Å². The molecule has 2 aliphatic heterocycles. The molecule has 1 aliphatic carbocycles. The average molecular weight is 441 g/mol. The van der Waals surface area contributed by atoms with Crippen LogP contribution in [0.25, 0.3) is 0 Å². The predicted octanol–water partition coefficient (Wildman–Crippen LogP) is 3.96. The van der Waals surface area contributed by atoms with Gasteiger partial charge >= 0.3 is 0 Å². The van der Waals surface area contributed by atoms with Gasteiger partial charge in [0.1, 0.15) is 11.5 Å². The average Bonchev–Trinajstić information content (AvgIpc) is 3.31. The number of likely N-dealkylation sites (tertiary alicyclic amines) is 1. The number of H-pyrrole nitrogens is 1. The minimum atomic E-state index is -0.132. The molecule has 0 bridgehead atoms. The van der Waals surface area contributed by atoms with E-state index in [1.807, 2.05) is 23.1 Å². The standard InChI is InChI=1S/C25H33FN4O2/c26-22-6-2-1-4-20(22)16-29-11-9-18(10-12-29)15-30(17-21-5-3-13-32-21)25(31)24-14-23(27-28-24)19-7-8-19/h1-2,4,6,14,18-19,21H,3,5,7-13,15-17H2,(H,27,28)/t21-/m0/s1. The lowest BCUT2D eigenvalue weighted by Crippen LogP contribution is -2.43. The Hall–Kier alpha value is -2.25. The summed E-state index contributed by atoms with van der Waals surface area (Å²) in [4.78, 5) is 17.6. The van der Waals surface area contributed by atoms with E-state index in [-0.39, 0.29) is 17.8 Å². The van der Waals surface area contributed by atoms with Crippen LogP contribution in [0.2, 0.25) is 0 Å². The molecule has 1 aromatic carbocycles. The SMILES string of the molecule is O=C(c1cc(C2CC2)[nH]n1)N(CC1CCN(Cc2ccccc2F)CC1)C[C@@H]1CCCO1. The van der Waals surface area contributed by atoms with E-state index >= 15 is 0 Å². The van der Waals surface area contributed by atoms with E-state index in [0.717, 1.165) is 63.2 Å². The van der Waals surface area contributed by atoms with Crippen LogP contribution in [0.1, 0.15) is 66.2 Å². The lowest BCUT2D eigenvalue weighted by Gasteiger charge is -2.35. The maximum atomic E-state index is 14.0. The van der Waals surface area contributed by atoms with Gasteiger partial charge in [-0.3, -0.25) is 14.8 Å². The Morgan fingerprint density at radius 2 is 1.97 bits per heavy atom. The molecular formula is C25H33FN4O2. The van der Waals surface area contributed by atoms with E-state index in [1.165, 1.54) is 18.9 Å². The lowest BCUT2D eigenvalue weighted by molar-refractivity contribution is 0.0440. The van der Waals surface area contributed by atoms with Crippen molar-refractivity contribution in [3.8, 4) is 0 Å². The number of halogens is 1. The Kier molecular flexibility index (Phi) is 6.55. The van der Waals surface area contributed by atoms with Crippen molar-refractivity contribution in [2.75, 3.05) is 32.8 Å². The third-order valence-electron chi connectivity index (χ3n) is 7.11. The first kappa shape index (κ1) is 21.6. The van der Waals surface area contributed by atoms with Crippen LogP contribution in [0, 0.1) is 11.7 Å². The van der Waals surface area contributed by atoms with Gasteiger partial charge in [0.05, 0.1) is 6.10 Å². The Morgan fingerprint density at radius 3 is 2.69 bits per heavy atom. The number of aromatic amines is 1. The smallest absolute Gasteiger partial charge is 0.274 e. The summed E-state index contributed by atoms with van der Waals surface area (Å²) >= 11 is 0. The van der Waals surface area contributed by atoms with E-state index in [2.05, 4.69) is 15.1 Å². The van der Waals surface area contributed by atoms with E-state index < -0.39 is 0 Å². The minimum Gasteiger partial charge on any atom is -0.376 e. The number of rotatable bonds is 8. The first-order valence-corrected chi connectivity index (χ1v) is 12.1. The number of benzene rings is 1. The molecule has 1 amide bonds. The molecule has 0 spiro atoms. The largest absolute Gasteiger partial charge is 0.376 e. The van der Waals surface area contributed by atoms with E-state index in [9.17, 15) is 9.18 Å². The molecule has 3 fully saturated rings. The Morgan fingerprint density at radius 1 is 1.16 bits per heavy atom. The van der Waals surface area contributed by atoms with E-state index in [4.69, 9.17) is 4.74 Å². The van der Waals surface area contributed by atoms with E-state index in [0.29, 0.717) is 30.6 Å². The fourth-order valence-electron chi connectivity index (χ4n) is 4.99. The van der Waals surface area contributed by atoms with Crippen LogP contribution >= 0.6 is 0 Å². The second-order valence-electron chi connectivity index (χ2n) is 9.64. The number of carbonyl (C=O) groups excluding carboxylic acids is 1. The molecule has 2 aromatic rings. The monoisotopic (exact) mass is 440 g/mol. The molecule has 1 aromatic heterocycles. The second-order valence-corrected chi connectivity index (χ2v) is 9.64. The van der Waals surface area contributed by atoms with Crippen LogP contribution in [0.4, 0.5) is 4.39 Å². The van der Waals surface area contributed by atoms with Gasteiger partial charge in [0.2, 0.25) is 0 Å². The van der Waals surface area contributed by atoms with Crippen LogP contribution in [0.15, 0.2) is 30.3 Å². The first-order chi connectivity index (χ1) is 15.7. The van der Waals surface area contributed by atoms with Gasteiger partial charge in [0.15, 0.2) is 0 Å². The third-order valence-corrected chi connectivity index (χ3v) is 7.11. The molecule has 3 aliphatic rings. The van der Waals surface area contributed by atoms with Gasteiger partial charge in [-0.05, 0) is 69.7 Å². The highest BCUT2D eigenvalue weighted by Gasteiger charge is 2.31. The quantitative estimate of drug-likeness (QED) is 0.675. The summed E-state index contributed by atoms with van der Waals surface area (Å²) in [7, 11) is 0. The summed E-state index contributed by atoms with van der Waals surface area (Å²) in [5.41, 5.74) is 2.37. The maximum absolute atomic E-state index is 14.0. The molecule has 32 heavy (non-hydrogen) atoms. The third kappa shape index (κ3) is 5.21. The number of hydrogen-bond acceptors (Lipinski definition) is 4. The number of ether oxygens (including phenoxy) is 1. The molecule has 1 N–H and O–H groups in total. The Labute approximate surface area is 189 Å². The Balaban J connectivity index is 1.19. The van der Waals surface area contributed by atoms with Gasteiger partial charge in [-0.15, -0.1) is 0 Å². The molecule has 172 valence electrons. The molecular weight excluding hydrogens is 407 g/mol. The van der Waals surface area contributed by atoms with Crippen molar-refractivity contribution in [2.45, 2.75) is 57.1 Å².